The normalized spacial score (nSPS) is 21.0. The molecule has 1 aliphatic heterocycles. The molecular formula is C16H17ClFN5O. The van der Waals surface area contributed by atoms with Gasteiger partial charge in [-0.2, -0.15) is 0 Å². The van der Waals surface area contributed by atoms with Crippen molar-refractivity contribution in [3.63, 3.8) is 0 Å². The van der Waals surface area contributed by atoms with Crippen LogP contribution in [0.15, 0.2) is 30.6 Å². The standard InChI is InChI=1S/C16H17ClFN5O/c1-23-7-4-12(14(23)9-2-3-10(17)11(18)8-9)22-16(24)13-15(19)21-6-5-20-13/h2-3,5-6,8,12,14H,4,7H2,1H3,(H2,19,21)(H,22,24)/t12-,14+/m0/s1. The fourth-order valence-corrected chi connectivity index (χ4v) is 3.16. The Labute approximate surface area is 143 Å². The molecule has 126 valence electrons. The van der Waals surface area contributed by atoms with Gasteiger partial charge >= 0.3 is 0 Å². The van der Waals surface area contributed by atoms with Crippen LogP contribution in [0.5, 0.6) is 0 Å². The number of hydrogen-bond donors (Lipinski definition) is 2. The molecule has 3 rings (SSSR count). The summed E-state index contributed by atoms with van der Waals surface area (Å²) in [6, 6.07) is 4.36. The summed E-state index contributed by atoms with van der Waals surface area (Å²) in [7, 11) is 1.93. The van der Waals surface area contributed by atoms with Crippen LogP contribution < -0.4 is 11.1 Å². The minimum atomic E-state index is -0.474. The average molecular weight is 350 g/mol. The molecule has 8 heteroatoms. The third-order valence-electron chi connectivity index (χ3n) is 4.19. The van der Waals surface area contributed by atoms with Gasteiger partial charge < -0.3 is 11.1 Å². The topological polar surface area (TPSA) is 84.1 Å². The number of benzene rings is 1. The average Bonchev–Trinajstić information content (AvgIpc) is 2.91. The molecule has 1 aromatic heterocycles. The molecule has 1 fully saturated rings. The molecule has 0 radical (unpaired) electrons. The first kappa shape index (κ1) is 16.6. The van der Waals surface area contributed by atoms with Crippen molar-refractivity contribution in [3.05, 3.63) is 52.7 Å². The van der Waals surface area contributed by atoms with Crippen molar-refractivity contribution in [2.24, 2.45) is 0 Å². The van der Waals surface area contributed by atoms with Crippen molar-refractivity contribution >= 4 is 23.3 Å². The summed E-state index contributed by atoms with van der Waals surface area (Å²) < 4.78 is 13.8. The molecule has 2 heterocycles. The lowest BCUT2D eigenvalue weighted by atomic mass is 10.00. The summed E-state index contributed by atoms with van der Waals surface area (Å²) in [5, 5.41) is 3.01. The Morgan fingerprint density at radius 2 is 2.17 bits per heavy atom. The predicted molar refractivity (Wildman–Crippen MR) is 89.1 cm³/mol. The Morgan fingerprint density at radius 1 is 1.42 bits per heavy atom. The monoisotopic (exact) mass is 349 g/mol. The number of anilines is 1. The first-order chi connectivity index (χ1) is 11.5. The molecule has 6 nitrogen and oxygen atoms in total. The van der Waals surface area contributed by atoms with Gasteiger partial charge in [0, 0.05) is 18.9 Å². The summed E-state index contributed by atoms with van der Waals surface area (Å²) in [6.45, 7) is 0.774. The minimum absolute atomic E-state index is 0.0762. The first-order valence-corrected chi connectivity index (χ1v) is 7.87. The van der Waals surface area contributed by atoms with Crippen molar-refractivity contribution in [2.45, 2.75) is 18.5 Å². The zero-order valence-electron chi connectivity index (χ0n) is 13.0. The van der Waals surface area contributed by atoms with Crippen molar-refractivity contribution in [2.75, 3.05) is 19.3 Å². The number of carbonyl (C=O) groups is 1. The van der Waals surface area contributed by atoms with Crippen molar-refractivity contribution < 1.29 is 9.18 Å². The van der Waals surface area contributed by atoms with Gasteiger partial charge in [-0.15, -0.1) is 0 Å². The van der Waals surface area contributed by atoms with Gasteiger partial charge in [-0.1, -0.05) is 17.7 Å². The highest BCUT2D eigenvalue weighted by atomic mass is 35.5. The molecular weight excluding hydrogens is 333 g/mol. The highest BCUT2D eigenvalue weighted by Gasteiger charge is 2.35. The van der Waals surface area contributed by atoms with E-state index in [2.05, 4.69) is 20.2 Å². The molecule has 0 spiro atoms. The second-order valence-electron chi connectivity index (χ2n) is 5.76. The van der Waals surface area contributed by atoms with E-state index < -0.39 is 5.82 Å². The zero-order chi connectivity index (χ0) is 17.3. The Bertz CT molecular complexity index is 772. The van der Waals surface area contributed by atoms with Gasteiger partial charge in [-0.3, -0.25) is 9.69 Å². The number of halogens is 2. The van der Waals surface area contributed by atoms with E-state index in [4.69, 9.17) is 17.3 Å². The number of nitrogens with zero attached hydrogens (tertiary/aromatic N) is 3. The summed E-state index contributed by atoms with van der Waals surface area (Å²) in [4.78, 5) is 22.3. The number of amides is 1. The molecule has 0 unspecified atom stereocenters. The van der Waals surface area contributed by atoms with Crippen LogP contribution in [0.2, 0.25) is 5.02 Å². The summed E-state index contributed by atoms with van der Waals surface area (Å²) in [5.74, 6) is -0.784. The van der Waals surface area contributed by atoms with Gasteiger partial charge in [-0.25, -0.2) is 14.4 Å². The summed E-state index contributed by atoms with van der Waals surface area (Å²) >= 11 is 5.75. The highest BCUT2D eigenvalue weighted by Crippen LogP contribution is 2.32. The maximum atomic E-state index is 13.8. The number of carbonyl (C=O) groups excluding carboxylic acids is 1. The maximum absolute atomic E-state index is 13.8. The second-order valence-corrected chi connectivity index (χ2v) is 6.17. The summed E-state index contributed by atoms with van der Waals surface area (Å²) in [5.41, 5.74) is 6.55. The van der Waals surface area contributed by atoms with Gasteiger partial charge in [0.15, 0.2) is 11.5 Å². The Hall–Kier alpha value is -2.25. The van der Waals surface area contributed by atoms with Crippen molar-refractivity contribution in [1.29, 1.82) is 0 Å². The fraction of sp³-hybridized carbons (Fsp3) is 0.312. The van der Waals surface area contributed by atoms with E-state index in [0.717, 1.165) is 18.5 Å². The Balaban J connectivity index is 1.83. The number of aromatic nitrogens is 2. The number of rotatable bonds is 3. The van der Waals surface area contributed by atoms with Crippen LogP contribution in [0.3, 0.4) is 0 Å². The third-order valence-corrected chi connectivity index (χ3v) is 4.50. The molecule has 1 saturated heterocycles. The lowest BCUT2D eigenvalue weighted by Gasteiger charge is -2.26. The Kier molecular flexibility index (Phi) is 4.64. The van der Waals surface area contributed by atoms with Crippen molar-refractivity contribution in [3.8, 4) is 0 Å². The van der Waals surface area contributed by atoms with Crippen LogP contribution in [-0.2, 0) is 0 Å². The lowest BCUT2D eigenvalue weighted by molar-refractivity contribution is 0.0923. The highest BCUT2D eigenvalue weighted by molar-refractivity contribution is 6.30. The first-order valence-electron chi connectivity index (χ1n) is 7.50. The number of likely N-dealkylation sites (tertiary alicyclic amines) is 1. The van der Waals surface area contributed by atoms with E-state index in [9.17, 15) is 9.18 Å². The number of likely N-dealkylation sites (N-methyl/N-ethyl adjacent to an activating group) is 1. The van der Waals surface area contributed by atoms with Gasteiger partial charge in [0.1, 0.15) is 5.82 Å². The molecule has 2 atom stereocenters. The molecule has 1 aromatic carbocycles. The molecule has 3 N–H and O–H groups in total. The van der Waals surface area contributed by atoms with Gasteiger partial charge in [-0.05, 0) is 31.2 Å². The van der Waals surface area contributed by atoms with E-state index in [1.165, 1.54) is 24.5 Å². The van der Waals surface area contributed by atoms with Crippen LogP contribution in [0.4, 0.5) is 10.2 Å². The van der Waals surface area contributed by atoms with Crippen LogP contribution >= 0.6 is 11.6 Å². The molecule has 0 aliphatic carbocycles. The number of nitrogens with one attached hydrogen (secondary N) is 1. The van der Waals surface area contributed by atoms with E-state index >= 15 is 0 Å². The van der Waals surface area contributed by atoms with Crippen LogP contribution in [0.25, 0.3) is 0 Å². The van der Waals surface area contributed by atoms with E-state index in [1.54, 1.807) is 6.07 Å². The smallest absolute Gasteiger partial charge is 0.274 e. The van der Waals surface area contributed by atoms with Crippen molar-refractivity contribution in [1.82, 2.24) is 20.2 Å². The molecule has 0 bridgehead atoms. The Morgan fingerprint density at radius 3 is 2.88 bits per heavy atom. The van der Waals surface area contributed by atoms with Crippen LogP contribution in [-0.4, -0.2) is 40.4 Å². The molecule has 2 aromatic rings. The fourth-order valence-electron chi connectivity index (χ4n) is 3.04. The number of nitrogens with two attached hydrogens (primary N) is 1. The maximum Gasteiger partial charge on any atom is 0.274 e. The quantitative estimate of drug-likeness (QED) is 0.885. The SMILES string of the molecule is CN1CC[C@H](NC(=O)c2nccnc2N)[C@H]1c1ccc(Cl)c(F)c1. The van der Waals surface area contributed by atoms with Gasteiger partial charge in [0.05, 0.1) is 17.1 Å². The minimum Gasteiger partial charge on any atom is -0.382 e. The van der Waals surface area contributed by atoms with Crippen LogP contribution in [0.1, 0.15) is 28.5 Å². The van der Waals surface area contributed by atoms with E-state index in [0.29, 0.717) is 0 Å². The van der Waals surface area contributed by atoms with E-state index in [-0.39, 0.29) is 34.5 Å². The number of hydrogen-bond acceptors (Lipinski definition) is 5. The molecule has 1 amide bonds. The van der Waals surface area contributed by atoms with Crippen LogP contribution in [0, 0.1) is 5.82 Å². The summed E-state index contributed by atoms with van der Waals surface area (Å²) in [6.07, 6.45) is 3.57. The van der Waals surface area contributed by atoms with Gasteiger partial charge in [0.25, 0.3) is 5.91 Å². The lowest BCUT2D eigenvalue weighted by Crippen LogP contribution is -2.39. The van der Waals surface area contributed by atoms with E-state index in [1.807, 2.05) is 7.05 Å². The molecule has 24 heavy (non-hydrogen) atoms. The number of nitrogen functional groups attached to an aromatic ring is 1. The largest absolute Gasteiger partial charge is 0.382 e. The third kappa shape index (κ3) is 3.18. The molecule has 0 saturated carbocycles. The van der Waals surface area contributed by atoms with Gasteiger partial charge in [0.2, 0.25) is 0 Å². The predicted octanol–water partition coefficient (Wildman–Crippen LogP) is 2.03. The molecule has 1 aliphatic rings. The zero-order valence-corrected chi connectivity index (χ0v) is 13.8. The second kappa shape index (κ2) is 6.70.